The van der Waals surface area contributed by atoms with Crippen molar-refractivity contribution in [3.63, 3.8) is 0 Å². The van der Waals surface area contributed by atoms with E-state index in [0.29, 0.717) is 25.0 Å². The first-order valence-corrected chi connectivity index (χ1v) is 16.0. The Morgan fingerprint density at radius 2 is 1.41 bits per heavy atom. The minimum atomic E-state index is -3.59. The summed E-state index contributed by atoms with van der Waals surface area (Å²) in [5.41, 5.74) is 0.129. The standard InChI is InChI=1S/C22H37NO8S3/c1-34(29,30)20-14-12-13-19(31-16-9-11-18-33(27)28)22(20)23-21(24)15-8-6-4-2-3-5-7-10-17-32(25)26/h12-14H,2-11,15-18H2,1H3,(H,23,24)(H,25,26)(H,27,28). The fourth-order valence-corrected chi connectivity index (χ4v) is 5.10. The van der Waals surface area contributed by atoms with Crippen molar-refractivity contribution >= 4 is 43.6 Å². The van der Waals surface area contributed by atoms with Gasteiger partial charge in [0.15, 0.2) is 32.0 Å². The lowest BCUT2D eigenvalue weighted by Gasteiger charge is -2.16. The van der Waals surface area contributed by atoms with Gasteiger partial charge in [0.05, 0.1) is 11.5 Å². The Hall–Kier alpha value is -1.34. The van der Waals surface area contributed by atoms with Crippen LogP contribution in [0.25, 0.3) is 0 Å². The summed E-state index contributed by atoms with van der Waals surface area (Å²) in [6.45, 7) is 0.227. The lowest BCUT2D eigenvalue weighted by molar-refractivity contribution is -0.116. The maximum Gasteiger partial charge on any atom is 0.224 e. The van der Waals surface area contributed by atoms with Crippen LogP contribution in [0.15, 0.2) is 23.1 Å². The number of amides is 1. The third-order valence-corrected chi connectivity index (χ3v) is 7.51. The lowest BCUT2D eigenvalue weighted by atomic mass is 10.1. The number of carbonyl (C=O) groups excluding carboxylic acids is 1. The molecule has 2 unspecified atom stereocenters. The van der Waals surface area contributed by atoms with Crippen molar-refractivity contribution in [1.82, 2.24) is 0 Å². The summed E-state index contributed by atoms with van der Waals surface area (Å²) in [5.74, 6) is 0.443. The lowest BCUT2D eigenvalue weighted by Crippen LogP contribution is -2.15. The highest BCUT2D eigenvalue weighted by atomic mass is 32.2. The Morgan fingerprint density at radius 3 is 1.97 bits per heavy atom. The number of rotatable bonds is 19. The quantitative estimate of drug-likeness (QED) is 0.175. The van der Waals surface area contributed by atoms with Crippen molar-refractivity contribution in [3.8, 4) is 5.75 Å². The molecule has 0 bridgehead atoms. The van der Waals surface area contributed by atoms with Gasteiger partial charge in [-0.2, -0.15) is 0 Å². The molecule has 3 N–H and O–H groups in total. The van der Waals surface area contributed by atoms with Gasteiger partial charge in [-0.15, -0.1) is 0 Å². The maximum atomic E-state index is 12.5. The molecule has 1 aromatic rings. The SMILES string of the molecule is CS(=O)(=O)c1cccc(OCCCCS(=O)O)c1NC(=O)CCCCCCCCCCS(=O)O. The van der Waals surface area contributed by atoms with E-state index < -0.39 is 32.0 Å². The minimum Gasteiger partial charge on any atom is -0.491 e. The van der Waals surface area contributed by atoms with Crippen molar-refractivity contribution in [2.75, 3.05) is 29.7 Å². The summed E-state index contributed by atoms with van der Waals surface area (Å²) >= 11 is -3.57. The van der Waals surface area contributed by atoms with E-state index in [1.165, 1.54) is 6.07 Å². The first-order valence-electron chi connectivity index (χ1n) is 11.5. The molecule has 34 heavy (non-hydrogen) atoms. The van der Waals surface area contributed by atoms with Gasteiger partial charge < -0.3 is 19.2 Å². The highest BCUT2D eigenvalue weighted by Crippen LogP contribution is 2.32. The molecule has 0 saturated heterocycles. The van der Waals surface area contributed by atoms with Gasteiger partial charge in [-0.25, -0.2) is 16.8 Å². The Labute approximate surface area is 207 Å². The normalized spacial score (nSPS) is 13.4. The molecule has 0 fully saturated rings. The summed E-state index contributed by atoms with van der Waals surface area (Å²) in [6.07, 6.45) is 9.74. The van der Waals surface area contributed by atoms with Crippen molar-refractivity contribution < 1.29 is 35.5 Å². The van der Waals surface area contributed by atoms with Crippen LogP contribution in [0.3, 0.4) is 0 Å². The zero-order chi connectivity index (χ0) is 25.4. The van der Waals surface area contributed by atoms with Crippen LogP contribution in [0.1, 0.15) is 70.6 Å². The molecule has 0 aliphatic carbocycles. The second-order valence-corrected chi connectivity index (χ2v) is 12.2. The average molecular weight is 540 g/mol. The fraction of sp³-hybridized carbons (Fsp3) is 0.682. The predicted molar refractivity (Wildman–Crippen MR) is 136 cm³/mol. The van der Waals surface area contributed by atoms with Gasteiger partial charge in [0, 0.05) is 24.2 Å². The zero-order valence-electron chi connectivity index (χ0n) is 19.7. The Bertz CT molecular complexity index is 905. The van der Waals surface area contributed by atoms with Gasteiger partial charge in [0.2, 0.25) is 5.91 Å². The summed E-state index contributed by atoms with van der Waals surface area (Å²) in [7, 11) is -3.59. The smallest absolute Gasteiger partial charge is 0.224 e. The van der Waals surface area contributed by atoms with Crippen LogP contribution in [-0.2, 0) is 36.8 Å². The van der Waals surface area contributed by atoms with E-state index in [1.807, 2.05) is 0 Å². The molecule has 0 aliphatic rings. The molecule has 2 atom stereocenters. The molecule has 1 aromatic carbocycles. The summed E-state index contributed by atoms with van der Waals surface area (Å²) < 4.78 is 68.9. The number of hydrogen-bond donors (Lipinski definition) is 3. The molecule has 1 amide bonds. The zero-order valence-corrected chi connectivity index (χ0v) is 22.1. The molecule has 1 rings (SSSR count). The third-order valence-electron chi connectivity index (χ3n) is 5.10. The van der Waals surface area contributed by atoms with Crippen LogP contribution in [0.4, 0.5) is 5.69 Å². The van der Waals surface area contributed by atoms with Gasteiger partial charge >= 0.3 is 0 Å². The molecule has 196 valence electrons. The number of para-hydroxylation sites is 1. The second kappa shape index (κ2) is 17.1. The van der Waals surface area contributed by atoms with Crippen LogP contribution in [0.2, 0.25) is 0 Å². The Balaban J connectivity index is 2.48. The van der Waals surface area contributed by atoms with Crippen molar-refractivity contribution in [1.29, 1.82) is 0 Å². The molecule has 12 heteroatoms. The van der Waals surface area contributed by atoms with E-state index >= 15 is 0 Å². The van der Waals surface area contributed by atoms with E-state index in [2.05, 4.69) is 5.32 Å². The topological polar surface area (TPSA) is 147 Å². The molecule has 0 aromatic heterocycles. The third kappa shape index (κ3) is 14.1. The van der Waals surface area contributed by atoms with Gasteiger partial charge in [0.1, 0.15) is 11.4 Å². The molecule has 0 saturated carbocycles. The molecule has 0 radical (unpaired) electrons. The van der Waals surface area contributed by atoms with Crippen LogP contribution >= 0.6 is 0 Å². The fourth-order valence-electron chi connectivity index (χ4n) is 3.35. The van der Waals surface area contributed by atoms with E-state index in [4.69, 9.17) is 13.8 Å². The number of hydrogen-bond acceptors (Lipinski definition) is 6. The minimum absolute atomic E-state index is 0.0140. The first-order chi connectivity index (χ1) is 16.1. The molecule has 9 nitrogen and oxygen atoms in total. The number of carbonyl (C=O) groups is 1. The predicted octanol–water partition coefficient (Wildman–Crippen LogP) is 4.14. The highest BCUT2D eigenvalue weighted by Gasteiger charge is 2.19. The van der Waals surface area contributed by atoms with Crippen LogP contribution in [0.5, 0.6) is 5.75 Å². The highest BCUT2D eigenvalue weighted by molar-refractivity contribution is 7.90. The van der Waals surface area contributed by atoms with Crippen LogP contribution in [-0.4, -0.2) is 56.2 Å². The van der Waals surface area contributed by atoms with Crippen molar-refractivity contribution in [2.24, 2.45) is 0 Å². The molecule has 0 spiro atoms. The van der Waals surface area contributed by atoms with Crippen molar-refractivity contribution in [3.05, 3.63) is 18.2 Å². The number of ether oxygens (including phenoxy) is 1. The van der Waals surface area contributed by atoms with Crippen LogP contribution in [0, 0.1) is 0 Å². The number of anilines is 1. The average Bonchev–Trinajstić information content (AvgIpc) is 2.74. The van der Waals surface area contributed by atoms with E-state index in [-0.39, 0.29) is 41.0 Å². The van der Waals surface area contributed by atoms with E-state index in [1.54, 1.807) is 12.1 Å². The monoisotopic (exact) mass is 539 g/mol. The number of nitrogens with one attached hydrogen (secondary N) is 1. The number of sulfone groups is 1. The molecule has 0 aliphatic heterocycles. The van der Waals surface area contributed by atoms with Crippen molar-refractivity contribution in [2.45, 2.75) is 75.5 Å². The molecular formula is C22H37NO8S3. The number of unbranched alkanes of at least 4 members (excludes halogenated alkanes) is 8. The summed E-state index contributed by atoms with van der Waals surface area (Å²) in [4.78, 5) is 12.5. The largest absolute Gasteiger partial charge is 0.491 e. The molecule has 0 heterocycles. The second-order valence-electron chi connectivity index (χ2n) is 8.13. The van der Waals surface area contributed by atoms with Crippen LogP contribution < -0.4 is 10.1 Å². The molecular weight excluding hydrogens is 502 g/mol. The van der Waals surface area contributed by atoms with E-state index in [9.17, 15) is 21.6 Å². The Morgan fingerprint density at radius 1 is 0.882 bits per heavy atom. The summed E-state index contributed by atoms with van der Waals surface area (Å²) in [6, 6.07) is 4.56. The van der Waals surface area contributed by atoms with Gasteiger partial charge in [-0.05, 0) is 37.8 Å². The van der Waals surface area contributed by atoms with E-state index in [0.717, 1.165) is 51.2 Å². The van der Waals surface area contributed by atoms with Gasteiger partial charge in [-0.1, -0.05) is 44.6 Å². The van der Waals surface area contributed by atoms with Gasteiger partial charge in [-0.3, -0.25) is 4.79 Å². The number of benzene rings is 1. The Kier molecular flexibility index (Phi) is 15.5. The maximum absolute atomic E-state index is 12.5. The summed E-state index contributed by atoms with van der Waals surface area (Å²) in [5, 5.41) is 2.70. The first kappa shape index (κ1) is 30.7. The van der Waals surface area contributed by atoms with Gasteiger partial charge in [0.25, 0.3) is 0 Å².